The molecule has 0 radical (unpaired) electrons. The maximum Gasteiger partial charge on any atom is 0.249 e. The Balaban J connectivity index is 1.65. The monoisotopic (exact) mass is 381 g/mol. The molecule has 1 unspecified atom stereocenters. The van der Waals surface area contributed by atoms with Gasteiger partial charge in [-0.3, -0.25) is 9.00 Å². The van der Waals surface area contributed by atoms with Gasteiger partial charge in [-0.1, -0.05) is 30.3 Å². The van der Waals surface area contributed by atoms with Crippen LogP contribution < -0.4 is 5.32 Å². The molecule has 0 spiro atoms. The molecular formula is C20H16FN3O2S. The van der Waals surface area contributed by atoms with Gasteiger partial charge in [0, 0.05) is 22.4 Å². The zero-order chi connectivity index (χ0) is 18.8. The van der Waals surface area contributed by atoms with Crippen molar-refractivity contribution in [2.75, 3.05) is 5.32 Å². The summed E-state index contributed by atoms with van der Waals surface area (Å²) < 4.78 is 26.7. The Labute approximate surface area is 158 Å². The zero-order valence-electron chi connectivity index (χ0n) is 14.3. The van der Waals surface area contributed by atoms with Crippen LogP contribution in [0.15, 0.2) is 60.7 Å². The van der Waals surface area contributed by atoms with Crippen LogP contribution in [0.2, 0.25) is 0 Å². The molecule has 0 bridgehead atoms. The fourth-order valence-corrected chi connectivity index (χ4v) is 4.18. The van der Waals surface area contributed by atoms with Gasteiger partial charge in [0.1, 0.15) is 11.6 Å². The number of halogens is 1. The first-order chi connectivity index (χ1) is 13.1. The molecule has 1 aromatic heterocycles. The Morgan fingerprint density at radius 3 is 2.59 bits per heavy atom. The predicted molar refractivity (Wildman–Crippen MR) is 103 cm³/mol. The molecule has 1 amide bonds. The van der Waals surface area contributed by atoms with E-state index >= 15 is 0 Å². The molecule has 1 aliphatic rings. The number of nitrogens with one attached hydrogen (secondary N) is 1. The molecule has 2 heterocycles. The smallest absolute Gasteiger partial charge is 0.249 e. The molecule has 1 atom stereocenters. The second-order valence-electron chi connectivity index (χ2n) is 6.12. The van der Waals surface area contributed by atoms with E-state index in [2.05, 4.69) is 10.4 Å². The van der Waals surface area contributed by atoms with Crippen molar-refractivity contribution < 1.29 is 13.4 Å². The fraction of sp³-hybridized carbons (Fsp3) is 0.100. The number of benzene rings is 2. The van der Waals surface area contributed by atoms with Gasteiger partial charge in [0.05, 0.1) is 22.9 Å². The average Bonchev–Trinajstić information content (AvgIpc) is 3.19. The van der Waals surface area contributed by atoms with Crippen LogP contribution >= 0.6 is 0 Å². The van der Waals surface area contributed by atoms with Crippen LogP contribution in [0.25, 0.3) is 11.8 Å². The number of hydrogen-bond acceptors (Lipinski definition) is 3. The van der Waals surface area contributed by atoms with E-state index in [4.69, 9.17) is 0 Å². The lowest BCUT2D eigenvalue weighted by Gasteiger charge is -2.10. The summed E-state index contributed by atoms with van der Waals surface area (Å²) in [5, 5.41) is 7.32. The van der Waals surface area contributed by atoms with Crippen LogP contribution in [0.5, 0.6) is 0 Å². The Morgan fingerprint density at radius 1 is 1.11 bits per heavy atom. The minimum atomic E-state index is -1.02. The van der Waals surface area contributed by atoms with Crippen LogP contribution in [0.3, 0.4) is 0 Å². The highest BCUT2D eigenvalue weighted by molar-refractivity contribution is 7.83. The number of nitrogens with zero attached hydrogens (tertiary/aromatic N) is 2. The maximum atomic E-state index is 13.2. The van der Waals surface area contributed by atoms with Gasteiger partial charge < -0.3 is 5.32 Å². The molecule has 0 fully saturated rings. The lowest BCUT2D eigenvalue weighted by atomic mass is 10.2. The fourth-order valence-electron chi connectivity index (χ4n) is 2.92. The van der Waals surface area contributed by atoms with Gasteiger partial charge in [0.25, 0.3) is 0 Å². The number of anilines is 1. The van der Waals surface area contributed by atoms with Crippen molar-refractivity contribution in [3.8, 4) is 5.69 Å². The minimum Gasteiger partial charge on any atom is -0.307 e. The molecule has 0 saturated heterocycles. The summed E-state index contributed by atoms with van der Waals surface area (Å²) in [6.07, 6.45) is 3.15. The Bertz CT molecular complexity index is 1040. The van der Waals surface area contributed by atoms with E-state index < -0.39 is 10.8 Å². The summed E-state index contributed by atoms with van der Waals surface area (Å²) in [4.78, 5) is 12.4. The van der Waals surface area contributed by atoms with E-state index in [-0.39, 0.29) is 11.7 Å². The molecule has 0 aliphatic carbocycles. The number of carbonyl (C=O) groups is 1. The highest BCUT2D eigenvalue weighted by atomic mass is 32.2. The van der Waals surface area contributed by atoms with Crippen molar-refractivity contribution in [2.24, 2.45) is 0 Å². The molecule has 136 valence electrons. The van der Waals surface area contributed by atoms with Gasteiger partial charge in [0.15, 0.2) is 0 Å². The number of aromatic nitrogens is 2. The molecule has 4 rings (SSSR count). The van der Waals surface area contributed by atoms with Crippen molar-refractivity contribution in [2.45, 2.75) is 11.5 Å². The highest BCUT2D eigenvalue weighted by Crippen LogP contribution is 2.31. The van der Waals surface area contributed by atoms with E-state index in [9.17, 15) is 13.4 Å². The quantitative estimate of drug-likeness (QED) is 0.705. The van der Waals surface area contributed by atoms with Gasteiger partial charge in [0.2, 0.25) is 5.91 Å². The van der Waals surface area contributed by atoms with Crippen molar-refractivity contribution in [3.05, 3.63) is 83.3 Å². The lowest BCUT2D eigenvalue weighted by Crippen LogP contribution is -2.14. The first kappa shape index (κ1) is 17.4. The van der Waals surface area contributed by atoms with Crippen LogP contribution in [0, 0.1) is 5.82 Å². The number of carbonyl (C=O) groups excluding carboxylic acids is 1. The molecular weight excluding hydrogens is 365 g/mol. The summed E-state index contributed by atoms with van der Waals surface area (Å²) >= 11 is 0. The first-order valence-electron chi connectivity index (χ1n) is 8.36. The highest BCUT2D eigenvalue weighted by Gasteiger charge is 2.28. The molecule has 7 heteroatoms. The predicted octanol–water partition coefficient (Wildman–Crippen LogP) is 3.43. The molecule has 1 N–H and O–H groups in total. The lowest BCUT2D eigenvalue weighted by molar-refractivity contribution is -0.111. The Kier molecular flexibility index (Phi) is 4.68. The second-order valence-corrected chi connectivity index (χ2v) is 7.58. The molecule has 27 heavy (non-hydrogen) atoms. The van der Waals surface area contributed by atoms with Crippen molar-refractivity contribution >= 4 is 28.6 Å². The first-order valence-corrected chi connectivity index (χ1v) is 9.85. The van der Waals surface area contributed by atoms with Gasteiger partial charge in [-0.05, 0) is 35.9 Å². The standard InChI is InChI=1S/C20H16FN3O2S/c21-15-7-9-16(10-8-15)24-20(17-12-27(26)13-18(17)23-24)22-19(25)11-6-14-4-2-1-3-5-14/h1-11H,12-13H2,(H,22,25). The van der Waals surface area contributed by atoms with Crippen LogP contribution in [0.1, 0.15) is 16.8 Å². The van der Waals surface area contributed by atoms with Crippen molar-refractivity contribution in [3.63, 3.8) is 0 Å². The molecule has 2 aromatic carbocycles. The van der Waals surface area contributed by atoms with E-state index in [1.165, 1.54) is 18.2 Å². The number of fused-ring (bicyclic) bond motifs is 1. The normalized spacial score (nSPS) is 15.8. The van der Waals surface area contributed by atoms with Gasteiger partial charge in [-0.2, -0.15) is 5.10 Å². The van der Waals surface area contributed by atoms with Crippen LogP contribution in [-0.2, 0) is 27.1 Å². The third kappa shape index (κ3) is 3.73. The SMILES string of the molecule is O=C(C=Cc1ccccc1)Nc1c2c(nn1-c1ccc(F)cc1)CS(=O)C2. The molecule has 5 nitrogen and oxygen atoms in total. The van der Waals surface area contributed by atoms with Gasteiger partial charge in [-0.25, -0.2) is 9.07 Å². The van der Waals surface area contributed by atoms with E-state index in [1.807, 2.05) is 30.3 Å². The van der Waals surface area contributed by atoms with Crippen LogP contribution in [0.4, 0.5) is 10.2 Å². The van der Waals surface area contributed by atoms with E-state index in [0.29, 0.717) is 28.7 Å². The van der Waals surface area contributed by atoms with Gasteiger partial charge in [-0.15, -0.1) is 0 Å². The summed E-state index contributed by atoms with van der Waals surface area (Å²) in [6.45, 7) is 0. The molecule has 3 aromatic rings. The third-order valence-corrected chi connectivity index (χ3v) is 5.42. The topological polar surface area (TPSA) is 64.0 Å². The number of amides is 1. The summed E-state index contributed by atoms with van der Waals surface area (Å²) in [5.41, 5.74) is 2.99. The van der Waals surface area contributed by atoms with Crippen molar-refractivity contribution in [1.29, 1.82) is 0 Å². The third-order valence-electron chi connectivity index (χ3n) is 4.21. The Hall–Kier alpha value is -3.06. The van der Waals surface area contributed by atoms with Gasteiger partial charge >= 0.3 is 0 Å². The summed E-state index contributed by atoms with van der Waals surface area (Å²) in [6, 6.07) is 15.3. The van der Waals surface area contributed by atoms with Crippen molar-refractivity contribution in [1.82, 2.24) is 9.78 Å². The number of hydrogen-bond donors (Lipinski definition) is 1. The molecule has 0 saturated carbocycles. The van der Waals surface area contributed by atoms with E-state index in [0.717, 1.165) is 11.1 Å². The summed E-state index contributed by atoms with van der Waals surface area (Å²) in [7, 11) is -1.02. The molecule has 1 aliphatic heterocycles. The largest absolute Gasteiger partial charge is 0.307 e. The summed E-state index contributed by atoms with van der Waals surface area (Å²) in [5.74, 6) is 0.504. The van der Waals surface area contributed by atoms with Crippen LogP contribution in [-0.4, -0.2) is 19.9 Å². The van der Waals surface area contributed by atoms with E-state index in [1.54, 1.807) is 22.9 Å². The maximum absolute atomic E-state index is 13.2. The number of rotatable bonds is 4. The Morgan fingerprint density at radius 2 is 1.85 bits per heavy atom. The minimum absolute atomic E-state index is 0.317. The second kappa shape index (κ2) is 7.28. The zero-order valence-corrected chi connectivity index (χ0v) is 15.1. The average molecular weight is 381 g/mol.